The summed E-state index contributed by atoms with van der Waals surface area (Å²) in [6.07, 6.45) is 2.77. The van der Waals surface area contributed by atoms with Crippen molar-refractivity contribution in [3.05, 3.63) is 59.9 Å². The fourth-order valence-corrected chi connectivity index (χ4v) is 2.76. The Bertz CT molecular complexity index is 743. The lowest BCUT2D eigenvalue weighted by atomic mass is 10.1. The van der Waals surface area contributed by atoms with E-state index >= 15 is 0 Å². The standard InChI is InChI=1S/C18H20N4O3/c23-16(14-8-4-10-19-14)20-11-5-9-15-17(24)22(18(25)21-15)12-13-6-2-1-3-7-13/h1-4,6-8,10,15,19H,5,9,11-12H2,(H,20,23)(H,21,25). The largest absolute Gasteiger partial charge is 0.357 e. The first-order valence-corrected chi connectivity index (χ1v) is 8.22. The summed E-state index contributed by atoms with van der Waals surface area (Å²) in [5.41, 5.74) is 1.41. The third kappa shape index (κ3) is 4.06. The van der Waals surface area contributed by atoms with Gasteiger partial charge in [-0.25, -0.2) is 4.79 Å². The molecule has 3 rings (SSSR count). The van der Waals surface area contributed by atoms with Crippen molar-refractivity contribution in [1.29, 1.82) is 0 Å². The molecule has 130 valence electrons. The monoisotopic (exact) mass is 340 g/mol. The number of amides is 4. The lowest BCUT2D eigenvalue weighted by molar-refractivity contribution is -0.128. The van der Waals surface area contributed by atoms with Gasteiger partial charge in [-0.3, -0.25) is 14.5 Å². The average molecular weight is 340 g/mol. The van der Waals surface area contributed by atoms with Gasteiger partial charge in [-0.05, 0) is 30.5 Å². The number of aromatic nitrogens is 1. The van der Waals surface area contributed by atoms with Crippen LogP contribution in [-0.2, 0) is 11.3 Å². The van der Waals surface area contributed by atoms with Crippen molar-refractivity contribution in [3.8, 4) is 0 Å². The number of urea groups is 1. The first kappa shape index (κ1) is 16.8. The Balaban J connectivity index is 1.45. The quantitative estimate of drug-likeness (QED) is 0.528. The van der Waals surface area contributed by atoms with Gasteiger partial charge in [0.1, 0.15) is 11.7 Å². The number of hydrogen-bond acceptors (Lipinski definition) is 3. The highest BCUT2D eigenvalue weighted by Crippen LogP contribution is 2.14. The van der Waals surface area contributed by atoms with E-state index in [1.54, 1.807) is 18.3 Å². The molecule has 1 aromatic heterocycles. The molecule has 1 aromatic carbocycles. The Morgan fingerprint density at radius 2 is 1.92 bits per heavy atom. The van der Waals surface area contributed by atoms with Crippen LogP contribution in [-0.4, -0.2) is 40.3 Å². The highest BCUT2D eigenvalue weighted by molar-refractivity contribution is 6.04. The average Bonchev–Trinajstić information content (AvgIpc) is 3.24. The topological polar surface area (TPSA) is 94.3 Å². The van der Waals surface area contributed by atoms with Crippen molar-refractivity contribution in [1.82, 2.24) is 20.5 Å². The van der Waals surface area contributed by atoms with Gasteiger partial charge in [0.15, 0.2) is 0 Å². The van der Waals surface area contributed by atoms with E-state index in [0.29, 0.717) is 25.1 Å². The molecule has 1 atom stereocenters. The number of carbonyl (C=O) groups excluding carboxylic acids is 3. The predicted octanol–water partition coefficient (Wildman–Crippen LogP) is 1.65. The number of imide groups is 1. The highest BCUT2D eigenvalue weighted by atomic mass is 16.2. The van der Waals surface area contributed by atoms with E-state index in [1.165, 1.54) is 4.90 Å². The van der Waals surface area contributed by atoms with E-state index in [4.69, 9.17) is 0 Å². The summed E-state index contributed by atoms with van der Waals surface area (Å²) >= 11 is 0. The molecule has 7 nitrogen and oxygen atoms in total. The zero-order chi connectivity index (χ0) is 17.6. The maximum Gasteiger partial charge on any atom is 0.325 e. The van der Waals surface area contributed by atoms with E-state index < -0.39 is 6.04 Å². The van der Waals surface area contributed by atoms with Crippen molar-refractivity contribution in [2.45, 2.75) is 25.4 Å². The minimum Gasteiger partial charge on any atom is -0.357 e. The molecule has 3 N–H and O–H groups in total. The van der Waals surface area contributed by atoms with E-state index in [1.807, 2.05) is 30.3 Å². The van der Waals surface area contributed by atoms with Gasteiger partial charge in [0, 0.05) is 12.7 Å². The van der Waals surface area contributed by atoms with Gasteiger partial charge in [-0.1, -0.05) is 30.3 Å². The van der Waals surface area contributed by atoms with E-state index in [-0.39, 0.29) is 24.4 Å². The van der Waals surface area contributed by atoms with Crippen molar-refractivity contribution < 1.29 is 14.4 Å². The number of nitrogens with one attached hydrogen (secondary N) is 3. The smallest absolute Gasteiger partial charge is 0.325 e. The zero-order valence-corrected chi connectivity index (χ0v) is 13.7. The minimum atomic E-state index is -0.529. The summed E-state index contributed by atoms with van der Waals surface area (Å²) in [7, 11) is 0. The molecule has 1 unspecified atom stereocenters. The second-order valence-corrected chi connectivity index (χ2v) is 5.89. The SMILES string of the molecule is O=C(NCCCC1NC(=O)N(Cc2ccccc2)C1=O)c1ccc[nH]1. The summed E-state index contributed by atoms with van der Waals surface area (Å²) in [6.45, 7) is 0.710. The number of carbonyl (C=O) groups is 3. The lowest BCUT2D eigenvalue weighted by Crippen LogP contribution is -2.32. The number of hydrogen-bond donors (Lipinski definition) is 3. The number of rotatable bonds is 7. The van der Waals surface area contributed by atoms with Gasteiger partial charge in [0.25, 0.3) is 11.8 Å². The molecular formula is C18H20N4O3. The molecule has 25 heavy (non-hydrogen) atoms. The van der Waals surface area contributed by atoms with Crippen LogP contribution in [0, 0.1) is 0 Å². The van der Waals surface area contributed by atoms with Crippen molar-refractivity contribution in [2.75, 3.05) is 6.54 Å². The summed E-state index contributed by atoms with van der Waals surface area (Å²) in [5.74, 6) is -0.401. The second-order valence-electron chi connectivity index (χ2n) is 5.89. The number of nitrogens with zero attached hydrogens (tertiary/aromatic N) is 1. The molecule has 0 aliphatic carbocycles. The lowest BCUT2D eigenvalue weighted by Gasteiger charge is -2.13. The van der Waals surface area contributed by atoms with Crippen LogP contribution in [0.15, 0.2) is 48.7 Å². The second kappa shape index (κ2) is 7.65. The fraction of sp³-hybridized carbons (Fsp3) is 0.278. The minimum absolute atomic E-state index is 0.183. The third-order valence-corrected chi connectivity index (χ3v) is 4.09. The van der Waals surface area contributed by atoms with E-state index in [2.05, 4.69) is 15.6 Å². The molecule has 0 saturated carbocycles. The normalized spacial score (nSPS) is 16.8. The number of aromatic amines is 1. The van der Waals surface area contributed by atoms with Crippen LogP contribution in [0.3, 0.4) is 0 Å². The van der Waals surface area contributed by atoms with E-state index in [0.717, 1.165) is 5.56 Å². The molecule has 0 radical (unpaired) electrons. The molecule has 1 aliphatic heterocycles. The molecule has 4 amide bonds. The molecule has 0 spiro atoms. The molecule has 1 saturated heterocycles. The van der Waals surface area contributed by atoms with Gasteiger partial charge in [0.2, 0.25) is 0 Å². The molecule has 7 heteroatoms. The summed E-state index contributed by atoms with van der Waals surface area (Å²) in [6, 6.07) is 11.9. The van der Waals surface area contributed by atoms with Crippen LogP contribution < -0.4 is 10.6 Å². The van der Waals surface area contributed by atoms with Crippen molar-refractivity contribution >= 4 is 17.8 Å². The third-order valence-electron chi connectivity index (χ3n) is 4.09. The number of H-pyrrole nitrogens is 1. The van der Waals surface area contributed by atoms with E-state index in [9.17, 15) is 14.4 Å². The molecular weight excluding hydrogens is 320 g/mol. The summed E-state index contributed by atoms with van der Waals surface area (Å²) < 4.78 is 0. The van der Waals surface area contributed by atoms with Crippen molar-refractivity contribution in [2.24, 2.45) is 0 Å². The van der Waals surface area contributed by atoms with Gasteiger partial charge in [-0.15, -0.1) is 0 Å². The van der Waals surface area contributed by atoms with Gasteiger partial charge in [-0.2, -0.15) is 0 Å². The summed E-state index contributed by atoms with van der Waals surface area (Å²) in [5, 5.41) is 5.49. The predicted molar refractivity (Wildman–Crippen MR) is 91.7 cm³/mol. The first-order valence-electron chi connectivity index (χ1n) is 8.22. The van der Waals surface area contributed by atoms with Crippen LogP contribution >= 0.6 is 0 Å². The molecule has 0 bridgehead atoms. The van der Waals surface area contributed by atoms with Crippen LogP contribution in [0.2, 0.25) is 0 Å². The zero-order valence-electron chi connectivity index (χ0n) is 13.7. The Morgan fingerprint density at radius 3 is 2.64 bits per heavy atom. The Labute approximate surface area is 145 Å². The Morgan fingerprint density at radius 1 is 1.12 bits per heavy atom. The molecule has 1 fully saturated rings. The van der Waals surface area contributed by atoms with Gasteiger partial charge >= 0.3 is 6.03 Å². The van der Waals surface area contributed by atoms with Gasteiger partial charge < -0.3 is 15.6 Å². The summed E-state index contributed by atoms with van der Waals surface area (Å²) in [4.78, 5) is 40.3. The maximum absolute atomic E-state index is 12.4. The maximum atomic E-state index is 12.4. The van der Waals surface area contributed by atoms with Crippen LogP contribution in [0.25, 0.3) is 0 Å². The van der Waals surface area contributed by atoms with Gasteiger partial charge in [0.05, 0.1) is 6.54 Å². The van der Waals surface area contributed by atoms with Crippen LogP contribution in [0.5, 0.6) is 0 Å². The molecule has 1 aliphatic rings. The highest BCUT2D eigenvalue weighted by Gasteiger charge is 2.37. The Hall–Kier alpha value is -3.09. The van der Waals surface area contributed by atoms with Crippen molar-refractivity contribution in [3.63, 3.8) is 0 Å². The number of benzene rings is 1. The first-order chi connectivity index (χ1) is 12.1. The fourth-order valence-electron chi connectivity index (χ4n) is 2.76. The van der Waals surface area contributed by atoms with Crippen LogP contribution in [0.4, 0.5) is 4.79 Å². The molecule has 2 heterocycles. The van der Waals surface area contributed by atoms with Crippen LogP contribution in [0.1, 0.15) is 28.9 Å². The Kier molecular flexibility index (Phi) is 5.13. The molecule has 2 aromatic rings.